The van der Waals surface area contributed by atoms with E-state index in [-0.39, 0.29) is 30.0 Å². The normalized spacial score (nSPS) is 15.9. The highest BCUT2D eigenvalue weighted by atomic mass is 32.1. The predicted molar refractivity (Wildman–Crippen MR) is 132 cm³/mol. The summed E-state index contributed by atoms with van der Waals surface area (Å²) in [5.41, 5.74) is 3.20. The average Bonchev–Trinajstić information content (AvgIpc) is 3.58. The van der Waals surface area contributed by atoms with E-state index in [4.69, 9.17) is 9.47 Å². The van der Waals surface area contributed by atoms with Gasteiger partial charge in [0.2, 0.25) is 5.91 Å². The molecule has 0 spiro atoms. The highest BCUT2D eigenvalue weighted by Crippen LogP contribution is 2.26. The molecular formula is C25H30N4O4S. The largest absolute Gasteiger partial charge is 0.379 e. The van der Waals surface area contributed by atoms with E-state index in [1.165, 1.54) is 11.3 Å². The Kier molecular flexibility index (Phi) is 7.45. The van der Waals surface area contributed by atoms with E-state index in [0.29, 0.717) is 23.9 Å². The Morgan fingerprint density at radius 2 is 2.15 bits per heavy atom. The Labute approximate surface area is 203 Å². The number of hydrogen-bond donors (Lipinski definition) is 2. The Bertz CT molecular complexity index is 1140. The van der Waals surface area contributed by atoms with Crippen LogP contribution in [0.1, 0.15) is 43.1 Å². The quantitative estimate of drug-likeness (QED) is 0.505. The van der Waals surface area contributed by atoms with Gasteiger partial charge in [-0.15, -0.1) is 11.3 Å². The van der Waals surface area contributed by atoms with Crippen molar-refractivity contribution in [3.63, 3.8) is 0 Å². The van der Waals surface area contributed by atoms with Crippen LogP contribution in [0, 0.1) is 0 Å². The number of anilines is 1. The van der Waals surface area contributed by atoms with Crippen LogP contribution in [-0.2, 0) is 26.4 Å². The van der Waals surface area contributed by atoms with Crippen LogP contribution in [0.15, 0.2) is 48.1 Å². The molecule has 180 valence electrons. The van der Waals surface area contributed by atoms with Crippen LogP contribution in [0.4, 0.5) is 5.13 Å². The molecule has 4 rings (SSSR count). The fraction of sp³-hybridized carbons (Fsp3) is 0.400. The minimum Gasteiger partial charge on any atom is -0.379 e. The molecule has 0 bridgehead atoms. The van der Waals surface area contributed by atoms with Crippen LogP contribution < -0.4 is 10.6 Å². The Hall–Kier alpha value is -3.01. The van der Waals surface area contributed by atoms with Gasteiger partial charge in [0.05, 0.1) is 37.1 Å². The van der Waals surface area contributed by atoms with Crippen molar-refractivity contribution >= 4 is 28.3 Å². The van der Waals surface area contributed by atoms with Gasteiger partial charge in [-0.3, -0.25) is 9.59 Å². The molecule has 34 heavy (non-hydrogen) atoms. The van der Waals surface area contributed by atoms with E-state index >= 15 is 0 Å². The standard InChI is InChI=1S/C25H30N4O4S/c1-25(2,3)29-9-7-19(13-29)23(31)26-12-22(30)28-24-27-21(16-34-24)18-6-4-5-17(11-18)14-33-20-8-10-32-15-20/h4-7,9,11,13,16,20H,8,10,12,14-15H2,1-3H3,(H,26,31)(H,27,28,30)/t20-/m1/s1. The summed E-state index contributed by atoms with van der Waals surface area (Å²) in [6, 6.07) is 9.76. The van der Waals surface area contributed by atoms with Gasteiger partial charge >= 0.3 is 0 Å². The van der Waals surface area contributed by atoms with Crippen LogP contribution in [0.5, 0.6) is 0 Å². The summed E-state index contributed by atoms with van der Waals surface area (Å²) in [6.07, 6.45) is 4.72. The van der Waals surface area contributed by atoms with Gasteiger partial charge in [-0.25, -0.2) is 4.98 Å². The topological polar surface area (TPSA) is 94.5 Å². The molecule has 8 nitrogen and oxygen atoms in total. The van der Waals surface area contributed by atoms with Crippen LogP contribution in [0.3, 0.4) is 0 Å². The first kappa shape index (κ1) is 24.1. The molecule has 9 heteroatoms. The molecule has 2 aromatic heterocycles. The van der Waals surface area contributed by atoms with Crippen molar-refractivity contribution in [2.45, 2.75) is 45.4 Å². The highest BCUT2D eigenvalue weighted by Gasteiger charge is 2.17. The summed E-state index contributed by atoms with van der Waals surface area (Å²) in [5.74, 6) is -0.619. The Morgan fingerprint density at radius 3 is 2.88 bits per heavy atom. The molecule has 0 saturated carbocycles. The van der Waals surface area contributed by atoms with Crippen molar-refractivity contribution in [3.05, 3.63) is 59.2 Å². The number of benzene rings is 1. The number of carbonyl (C=O) groups excluding carboxylic acids is 2. The van der Waals surface area contributed by atoms with E-state index in [1.807, 2.05) is 40.4 Å². The molecule has 0 radical (unpaired) electrons. The zero-order valence-electron chi connectivity index (χ0n) is 19.7. The van der Waals surface area contributed by atoms with Crippen molar-refractivity contribution in [3.8, 4) is 11.3 Å². The summed E-state index contributed by atoms with van der Waals surface area (Å²) in [4.78, 5) is 29.2. The maximum atomic E-state index is 12.4. The summed E-state index contributed by atoms with van der Waals surface area (Å²) in [6.45, 7) is 7.97. The van der Waals surface area contributed by atoms with Gasteiger partial charge in [-0.05, 0) is 44.9 Å². The van der Waals surface area contributed by atoms with Crippen molar-refractivity contribution in [2.75, 3.05) is 25.1 Å². The van der Waals surface area contributed by atoms with Crippen molar-refractivity contribution in [2.24, 2.45) is 0 Å². The fourth-order valence-corrected chi connectivity index (χ4v) is 4.25. The second-order valence-corrected chi connectivity index (χ2v) is 10.1. The smallest absolute Gasteiger partial charge is 0.253 e. The SMILES string of the molecule is CC(C)(C)n1ccc(C(=O)NCC(=O)Nc2nc(-c3cccc(CO[C@@H]4CCOC4)c3)cs2)c1. The number of rotatable bonds is 8. The van der Waals surface area contributed by atoms with Crippen molar-refractivity contribution < 1.29 is 19.1 Å². The van der Waals surface area contributed by atoms with Gasteiger partial charge in [-0.1, -0.05) is 18.2 Å². The van der Waals surface area contributed by atoms with Crippen molar-refractivity contribution in [1.82, 2.24) is 14.9 Å². The van der Waals surface area contributed by atoms with Gasteiger partial charge in [0.15, 0.2) is 5.13 Å². The van der Waals surface area contributed by atoms with Crippen LogP contribution >= 0.6 is 11.3 Å². The lowest BCUT2D eigenvalue weighted by Crippen LogP contribution is -2.32. The molecular weight excluding hydrogens is 452 g/mol. The number of nitrogens with one attached hydrogen (secondary N) is 2. The monoisotopic (exact) mass is 482 g/mol. The van der Waals surface area contributed by atoms with Gasteiger partial charge in [0.25, 0.3) is 5.91 Å². The second-order valence-electron chi connectivity index (χ2n) is 9.24. The first-order chi connectivity index (χ1) is 16.3. The molecule has 0 unspecified atom stereocenters. The molecule has 1 atom stereocenters. The fourth-order valence-electron chi connectivity index (χ4n) is 3.52. The summed E-state index contributed by atoms with van der Waals surface area (Å²) < 4.78 is 13.2. The van der Waals surface area contributed by atoms with E-state index < -0.39 is 0 Å². The minimum absolute atomic E-state index is 0.115. The first-order valence-electron chi connectivity index (χ1n) is 11.3. The zero-order valence-corrected chi connectivity index (χ0v) is 20.5. The molecule has 0 aliphatic carbocycles. The molecule has 1 aliphatic heterocycles. The number of hydrogen-bond acceptors (Lipinski definition) is 6. The summed E-state index contributed by atoms with van der Waals surface area (Å²) in [5, 5.41) is 7.79. The van der Waals surface area contributed by atoms with E-state index in [2.05, 4.69) is 36.4 Å². The third-order valence-corrected chi connectivity index (χ3v) is 6.24. The second kappa shape index (κ2) is 10.5. The molecule has 2 amide bonds. The van der Waals surface area contributed by atoms with Gasteiger partial charge in [-0.2, -0.15) is 0 Å². The molecule has 3 aromatic rings. The number of amides is 2. The zero-order chi connectivity index (χ0) is 24.1. The van der Waals surface area contributed by atoms with Gasteiger partial charge in [0.1, 0.15) is 0 Å². The summed E-state index contributed by atoms with van der Waals surface area (Å²) >= 11 is 1.34. The predicted octanol–water partition coefficient (Wildman–Crippen LogP) is 4.04. The van der Waals surface area contributed by atoms with Crippen molar-refractivity contribution in [1.29, 1.82) is 0 Å². The van der Waals surface area contributed by atoms with Crippen LogP contribution in [-0.4, -0.2) is 47.2 Å². The molecule has 3 heterocycles. The maximum absolute atomic E-state index is 12.4. The van der Waals surface area contributed by atoms with Crippen LogP contribution in [0.25, 0.3) is 11.3 Å². The maximum Gasteiger partial charge on any atom is 0.253 e. The number of thiazole rings is 1. The average molecular weight is 483 g/mol. The third-order valence-electron chi connectivity index (χ3n) is 5.49. The lowest BCUT2D eigenvalue weighted by molar-refractivity contribution is -0.115. The number of ether oxygens (including phenoxy) is 2. The Morgan fingerprint density at radius 1 is 1.29 bits per heavy atom. The van der Waals surface area contributed by atoms with Crippen LogP contribution in [0.2, 0.25) is 0 Å². The Balaban J connectivity index is 1.28. The van der Waals surface area contributed by atoms with Gasteiger partial charge < -0.3 is 24.7 Å². The molecule has 1 aliphatic rings. The van der Waals surface area contributed by atoms with E-state index in [1.54, 1.807) is 12.3 Å². The van der Waals surface area contributed by atoms with E-state index in [9.17, 15) is 9.59 Å². The number of aromatic nitrogens is 2. The summed E-state index contributed by atoms with van der Waals surface area (Å²) in [7, 11) is 0. The minimum atomic E-state index is -0.328. The lowest BCUT2D eigenvalue weighted by atomic mass is 10.1. The molecule has 2 N–H and O–H groups in total. The third kappa shape index (κ3) is 6.31. The number of nitrogens with zero attached hydrogens (tertiary/aromatic N) is 2. The molecule has 1 saturated heterocycles. The lowest BCUT2D eigenvalue weighted by Gasteiger charge is -2.20. The molecule has 1 fully saturated rings. The highest BCUT2D eigenvalue weighted by molar-refractivity contribution is 7.14. The van der Waals surface area contributed by atoms with E-state index in [0.717, 1.165) is 29.8 Å². The van der Waals surface area contributed by atoms with Gasteiger partial charge in [0, 0.05) is 35.5 Å². The first-order valence-corrected chi connectivity index (χ1v) is 12.2. The number of carbonyl (C=O) groups is 2. The molecule has 1 aromatic carbocycles.